The lowest BCUT2D eigenvalue weighted by Crippen LogP contribution is -2.24. The minimum atomic E-state index is 0.341. The minimum Gasteiger partial charge on any atom is -0.508 e. The molecule has 1 aromatic heterocycles. The minimum absolute atomic E-state index is 0.341. The van der Waals surface area contributed by atoms with E-state index < -0.39 is 0 Å². The normalized spacial score (nSPS) is 15.5. The van der Waals surface area contributed by atoms with E-state index in [1.54, 1.807) is 6.07 Å². The Bertz CT molecular complexity index is 528. The van der Waals surface area contributed by atoms with Crippen molar-refractivity contribution in [3.8, 4) is 5.75 Å². The molecule has 0 unspecified atom stereocenters. The van der Waals surface area contributed by atoms with Crippen molar-refractivity contribution in [3.63, 3.8) is 0 Å². The fraction of sp³-hybridized carbons (Fsp3) is 0.333. The van der Waals surface area contributed by atoms with Gasteiger partial charge >= 0.3 is 0 Å². The molecule has 0 atom stereocenters. The molecule has 1 aliphatic rings. The molecule has 3 heteroatoms. The van der Waals surface area contributed by atoms with Crippen LogP contribution in [-0.2, 0) is 20.0 Å². The SMILES string of the molecule is Cn1c2c(c3ccc(O)cc31)CCNC2. The molecule has 0 saturated carbocycles. The number of hydrogen-bond acceptors (Lipinski definition) is 2. The van der Waals surface area contributed by atoms with E-state index in [-0.39, 0.29) is 0 Å². The van der Waals surface area contributed by atoms with Crippen molar-refractivity contribution in [2.75, 3.05) is 6.54 Å². The number of rotatable bonds is 0. The van der Waals surface area contributed by atoms with Gasteiger partial charge in [0.1, 0.15) is 5.75 Å². The maximum atomic E-state index is 9.49. The van der Waals surface area contributed by atoms with Crippen LogP contribution in [0.3, 0.4) is 0 Å². The van der Waals surface area contributed by atoms with Crippen LogP contribution in [0.4, 0.5) is 0 Å². The van der Waals surface area contributed by atoms with Gasteiger partial charge < -0.3 is 15.0 Å². The third-order valence-corrected chi connectivity index (χ3v) is 3.27. The molecule has 0 aliphatic carbocycles. The van der Waals surface area contributed by atoms with Crippen LogP contribution in [0.1, 0.15) is 11.3 Å². The van der Waals surface area contributed by atoms with E-state index in [0.717, 1.165) is 25.0 Å². The van der Waals surface area contributed by atoms with Gasteiger partial charge in [0, 0.05) is 30.7 Å². The van der Waals surface area contributed by atoms with Crippen molar-refractivity contribution in [2.24, 2.45) is 7.05 Å². The second-order valence-corrected chi connectivity index (χ2v) is 4.11. The molecule has 2 heterocycles. The fourth-order valence-corrected chi connectivity index (χ4v) is 2.48. The second kappa shape index (κ2) is 3.00. The van der Waals surface area contributed by atoms with Crippen LogP contribution in [0, 0.1) is 0 Å². The molecular weight excluding hydrogens is 188 g/mol. The molecule has 1 aliphatic heterocycles. The van der Waals surface area contributed by atoms with Gasteiger partial charge in [-0.05, 0) is 30.7 Å². The summed E-state index contributed by atoms with van der Waals surface area (Å²) in [4.78, 5) is 0. The molecule has 78 valence electrons. The van der Waals surface area contributed by atoms with Gasteiger partial charge in [-0.2, -0.15) is 0 Å². The topological polar surface area (TPSA) is 37.2 Å². The average Bonchev–Trinajstić information content (AvgIpc) is 2.54. The van der Waals surface area contributed by atoms with Gasteiger partial charge in [-0.1, -0.05) is 0 Å². The average molecular weight is 202 g/mol. The molecule has 2 N–H and O–H groups in total. The zero-order valence-electron chi connectivity index (χ0n) is 8.75. The molecule has 3 nitrogen and oxygen atoms in total. The Hall–Kier alpha value is -1.48. The lowest BCUT2D eigenvalue weighted by molar-refractivity contribution is 0.476. The molecule has 3 rings (SSSR count). The predicted molar refractivity (Wildman–Crippen MR) is 60.0 cm³/mol. The maximum Gasteiger partial charge on any atom is 0.117 e. The number of phenols is 1. The van der Waals surface area contributed by atoms with Crippen molar-refractivity contribution >= 4 is 10.9 Å². The van der Waals surface area contributed by atoms with Gasteiger partial charge in [0.25, 0.3) is 0 Å². The van der Waals surface area contributed by atoms with Crippen LogP contribution >= 0.6 is 0 Å². The second-order valence-electron chi connectivity index (χ2n) is 4.11. The highest BCUT2D eigenvalue weighted by Crippen LogP contribution is 2.29. The summed E-state index contributed by atoms with van der Waals surface area (Å²) in [5, 5.41) is 14.1. The van der Waals surface area contributed by atoms with Gasteiger partial charge in [-0.15, -0.1) is 0 Å². The molecule has 1 aromatic carbocycles. The molecule has 0 bridgehead atoms. The highest BCUT2D eigenvalue weighted by atomic mass is 16.3. The van der Waals surface area contributed by atoms with Crippen LogP contribution in [0.25, 0.3) is 10.9 Å². The van der Waals surface area contributed by atoms with Crippen LogP contribution < -0.4 is 5.32 Å². The van der Waals surface area contributed by atoms with E-state index in [2.05, 4.69) is 16.9 Å². The number of fused-ring (bicyclic) bond motifs is 3. The maximum absolute atomic E-state index is 9.49. The Kier molecular flexibility index (Phi) is 1.76. The first-order chi connectivity index (χ1) is 7.27. The van der Waals surface area contributed by atoms with E-state index in [9.17, 15) is 5.11 Å². The summed E-state index contributed by atoms with van der Waals surface area (Å²) in [5.74, 6) is 0.341. The number of nitrogens with one attached hydrogen (secondary N) is 1. The lowest BCUT2D eigenvalue weighted by Gasteiger charge is -2.14. The summed E-state index contributed by atoms with van der Waals surface area (Å²) in [6.07, 6.45) is 1.08. The van der Waals surface area contributed by atoms with Crippen LogP contribution in [-0.4, -0.2) is 16.2 Å². The van der Waals surface area contributed by atoms with Gasteiger partial charge in [0.2, 0.25) is 0 Å². The number of nitrogens with zero attached hydrogens (tertiary/aromatic N) is 1. The smallest absolute Gasteiger partial charge is 0.117 e. The molecule has 0 saturated heterocycles. The van der Waals surface area contributed by atoms with E-state index in [1.807, 2.05) is 12.1 Å². The van der Waals surface area contributed by atoms with E-state index in [0.29, 0.717) is 5.75 Å². The largest absolute Gasteiger partial charge is 0.508 e. The third-order valence-electron chi connectivity index (χ3n) is 3.27. The summed E-state index contributed by atoms with van der Waals surface area (Å²) < 4.78 is 2.18. The standard InChI is InChI=1S/C12H14N2O/c1-14-11-6-8(15)2-3-9(11)10-4-5-13-7-12(10)14/h2-3,6,13,15H,4-5,7H2,1H3. The number of phenolic OH excluding ortho intramolecular Hbond substituents is 1. The highest BCUT2D eigenvalue weighted by Gasteiger charge is 2.17. The monoisotopic (exact) mass is 202 g/mol. The summed E-state index contributed by atoms with van der Waals surface area (Å²) >= 11 is 0. The Labute approximate surface area is 88.3 Å². The fourth-order valence-electron chi connectivity index (χ4n) is 2.48. The van der Waals surface area contributed by atoms with E-state index in [4.69, 9.17) is 0 Å². The van der Waals surface area contributed by atoms with Crippen molar-refractivity contribution in [3.05, 3.63) is 29.5 Å². The zero-order chi connectivity index (χ0) is 10.4. The molecule has 2 aromatic rings. The molecule has 0 amide bonds. The van der Waals surface area contributed by atoms with Crippen LogP contribution in [0.15, 0.2) is 18.2 Å². The summed E-state index contributed by atoms with van der Waals surface area (Å²) in [5.41, 5.74) is 3.91. The van der Waals surface area contributed by atoms with E-state index in [1.165, 1.54) is 16.6 Å². The molecule has 0 spiro atoms. The van der Waals surface area contributed by atoms with Crippen molar-refractivity contribution in [1.82, 2.24) is 9.88 Å². The van der Waals surface area contributed by atoms with Crippen LogP contribution in [0.2, 0.25) is 0 Å². The predicted octanol–water partition coefficient (Wildman–Crippen LogP) is 1.53. The van der Waals surface area contributed by atoms with Gasteiger partial charge in [-0.3, -0.25) is 0 Å². The Morgan fingerprint density at radius 2 is 2.27 bits per heavy atom. The number of aromatic hydroxyl groups is 1. The van der Waals surface area contributed by atoms with Crippen molar-refractivity contribution in [1.29, 1.82) is 0 Å². The van der Waals surface area contributed by atoms with Gasteiger partial charge in [0.05, 0.1) is 5.52 Å². The number of benzene rings is 1. The summed E-state index contributed by atoms with van der Waals surface area (Å²) in [6.45, 7) is 1.98. The zero-order valence-corrected chi connectivity index (χ0v) is 8.75. The third kappa shape index (κ3) is 1.16. The van der Waals surface area contributed by atoms with E-state index >= 15 is 0 Å². The van der Waals surface area contributed by atoms with Crippen molar-refractivity contribution < 1.29 is 5.11 Å². The van der Waals surface area contributed by atoms with Crippen LogP contribution in [0.5, 0.6) is 5.75 Å². The molecule has 0 fully saturated rings. The number of aromatic nitrogens is 1. The first kappa shape index (κ1) is 8.80. The highest BCUT2D eigenvalue weighted by molar-refractivity contribution is 5.87. The van der Waals surface area contributed by atoms with Crippen molar-refractivity contribution in [2.45, 2.75) is 13.0 Å². The number of aryl methyl sites for hydroxylation is 1. The van der Waals surface area contributed by atoms with Gasteiger partial charge in [-0.25, -0.2) is 0 Å². The number of hydrogen-bond donors (Lipinski definition) is 2. The Morgan fingerprint density at radius 3 is 3.13 bits per heavy atom. The first-order valence-electron chi connectivity index (χ1n) is 5.27. The van der Waals surface area contributed by atoms with Gasteiger partial charge in [0.15, 0.2) is 0 Å². The Balaban J connectivity index is 2.38. The quantitative estimate of drug-likeness (QED) is 0.679. The summed E-state index contributed by atoms with van der Waals surface area (Å²) in [7, 11) is 2.06. The molecule has 15 heavy (non-hydrogen) atoms. The first-order valence-corrected chi connectivity index (χ1v) is 5.27. The molecular formula is C12H14N2O. The lowest BCUT2D eigenvalue weighted by atomic mass is 10.0. The summed E-state index contributed by atoms with van der Waals surface area (Å²) in [6, 6.07) is 5.63. The molecule has 0 radical (unpaired) electrons. The Morgan fingerprint density at radius 1 is 1.40 bits per heavy atom.